The third-order valence-corrected chi connectivity index (χ3v) is 4.24. The Morgan fingerprint density at radius 3 is 2.81 bits per heavy atom. The largest absolute Gasteiger partial charge is 0.550 e. The van der Waals surface area contributed by atoms with Gasteiger partial charge in [-0.3, -0.25) is 4.99 Å². The van der Waals surface area contributed by atoms with Gasteiger partial charge in [0, 0.05) is 36.9 Å². The van der Waals surface area contributed by atoms with E-state index in [1.165, 1.54) is 0 Å². The summed E-state index contributed by atoms with van der Waals surface area (Å²) in [4.78, 5) is 23.7. The molecule has 0 saturated heterocycles. The Labute approximate surface area is 157 Å². The molecule has 1 aromatic carbocycles. The summed E-state index contributed by atoms with van der Waals surface area (Å²) >= 11 is 0. The van der Waals surface area contributed by atoms with Crippen LogP contribution in [0.15, 0.2) is 41.5 Å². The molecule has 0 spiro atoms. The van der Waals surface area contributed by atoms with Crippen LogP contribution in [0.3, 0.4) is 0 Å². The molecule has 1 aliphatic heterocycles. The molecule has 0 amide bonds. The van der Waals surface area contributed by atoms with E-state index in [9.17, 15) is 9.90 Å². The number of hydrogen-bond acceptors (Lipinski definition) is 8. The number of nitrogens with zero attached hydrogens (tertiary/aromatic N) is 3. The number of carboxylic acid groups (broad SMARTS) is 1. The number of rotatable bonds is 8. The molecule has 8 heteroatoms. The van der Waals surface area contributed by atoms with Gasteiger partial charge in [0.05, 0.1) is 6.54 Å². The van der Waals surface area contributed by atoms with Gasteiger partial charge in [-0.2, -0.15) is 4.98 Å². The van der Waals surface area contributed by atoms with E-state index in [2.05, 4.69) is 25.6 Å². The number of aromatic nitrogens is 2. The minimum Gasteiger partial charge on any atom is -0.550 e. The summed E-state index contributed by atoms with van der Waals surface area (Å²) in [5.74, 6) is -0.207. The molecule has 3 rings (SSSR count). The average Bonchev–Trinajstić information content (AvgIpc) is 3.19. The van der Waals surface area contributed by atoms with Gasteiger partial charge in [-0.05, 0) is 36.6 Å². The predicted molar refractivity (Wildman–Crippen MR) is 98.2 cm³/mol. The van der Waals surface area contributed by atoms with Gasteiger partial charge in [0.15, 0.2) is 5.96 Å². The molecule has 1 aliphatic rings. The maximum atomic E-state index is 11.1. The Balaban J connectivity index is 1.58. The van der Waals surface area contributed by atoms with Crippen LogP contribution in [-0.2, 0) is 17.8 Å². The Morgan fingerprint density at radius 1 is 1.33 bits per heavy atom. The van der Waals surface area contributed by atoms with Crippen LogP contribution < -0.4 is 20.5 Å². The van der Waals surface area contributed by atoms with Gasteiger partial charge in [-0.15, -0.1) is 0 Å². The fraction of sp³-hybridized carbons (Fsp3) is 0.368. The van der Waals surface area contributed by atoms with Crippen molar-refractivity contribution in [1.29, 1.82) is 0 Å². The van der Waals surface area contributed by atoms with Crippen molar-refractivity contribution in [2.24, 2.45) is 10.9 Å². The van der Waals surface area contributed by atoms with Crippen molar-refractivity contribution in [2.45, 2.75) is 26.3 Å². The van der Waals surface area contributed by atoms with E-state index in [0.29, 0.717) is 30.8 Å². The molecular formula is C19H22N5O3-. The first-order chi connectivity index (χ1) is 13.1. The fourth-order valence-electron chi connectivity index (χ4n) is 2.67. The standard InChI is InChI=1S/C19H23N5O3/c1-2-14(17(25)26)11-15-7-8-22-19(24-15)27-16-5-3-13(4-6-16)12-23-18-20-9-10-21-18/h3-8,14H,2,9-12H2,1H3,(H,25,26)(H2,20,21,23)/p-1. The lowest BCUT2D eigenvalue weighted by atomic mass is 10.0. The van der Waals surface area contributed by atoms with Crippen molar-refractivity contribution in [2.75, 3.05) is 13.1 Å². The number of carbonyl (C=O) groups excluding carboxylic acids is 1. The monoisotopic (exact) mass is 368 g/mol. The molecule has 142 valence electrons. The third kappa shape index (κ3) is 5.40. The quantitative estimate of drug-likeness (QED) is 0.703. The summed E-state index contributed by atoms with van der Waals surface area (Å²) in [5, 5.41) is 17.5. The Kier molecular flexibility index (Phi) is 6.19. The molecule has 0 aliphatic carbocycles. The van der Waals surface area contributed by atoms with Crippen LogP contribution in [0.25, 0.3) is 0 Å². The Bertz CT molecular complexity index is 807. The van der Waals surface area contributed by atoms with Crippen LogP contribution in [0.2, 0.25) is 0 Å². The zero-order valence-corrected chi connectivity index (χ0v) is 15.1. The van der Waals surface area contributed by atoms with Gasteiger partial charge in [0.25, 0.3) is 0 Å². The van der Waals surface area contributed by atoms with Crippen molar-refractivity contribution in [3.63, 3.8) is 0 Å². The third-order valence-electron chi connectivity index (χ3n) is 4.24. The molecule has 1 atom stereocenters. The van der Waals surface area contributed by atoms with E-state index < -0.39 is 11.9 Å². The second-order valence-corrected chi connectivity index (χ2v) is 6.22. The van der Waals surface area contributed by atoms with Crippen molar-refractivity contribution in [3.8, 4) is 11.8 Å². The van der Waals surface area contributed by atoms with E-state index in [-0.39, 0.29) is 6.01 Å². The number of hydrogen-bond donors (Lipinski definition) is 2. The fourth-order valence-corrected chi connectivity index (χ4v) is 2.67. The van der Waals surface area contributed by atoms with Gasteiger partial charge in [-0.25, -0.2) is 4.98 Å². The highest BCUT2D eigenvalue weighted by Crippen LogP contribution is 2.19. The minimum atomic E-state index is -1.07. The number of carbonyl (C=O) groups is 1. The predicted octanol–water partition coefficient (Wildman–Crippen LogP) is 0.636. The second kappa shape index (κ2) is 8.98. The molecule has 2 heterocycles. The molecule has 2 N–H and O–H groups in total. The van der Waals surface area contributed by atoms with Crippen LogP contribution in [0.1, 0.15) is 24.6 Å². The van der Waals surface area contributed by atoms with Crippen LogP contribution in [0.5, 0.6) is 11.8 Å². The lowest BCUT2D eigenvalue weighted by Crippen LogP contribution is -2.33. The molecular weight excluding hydrogens is 346 g/mol. The maximum absolute atomic E-state index is 11.1. The summed E-state index contributed by atoms with van der Waals surface area (Å²) in [6.07, 6.45) is 2.34. The average molecular weight is 368 g/mol. The molecule has 0 fully saturated rings. The molecule has 1 aromatic heterocycles. The lowest BCUT2D eigenvalue weighted by Gasteiger charge is -2.15. The van der Waals surface area contributed by atoms with Gasteiger partial charge >= 0.3 is 6.01 Å². The first-order valence-corrected chi connectivity index (χ1v) is 8.96. The van der Waals surface area contributed by atoms with Crippen molar-refractivity contribution >= 4 is 11.9 Å². The molecule has 0 saturated carbocycles. The molecule has 1 unspecified atom stereocenters. The molecule has 8 nitrogen and oxygen atoms in total. The Hall–Kier alpha value is -3.16. The lowest BCUT2D eigenvalue weighted by molar-refractivity contribution is -0.311. The zero-order valence-electron chi connectivity index (χ0n) is 15.1. The van der Waals surface area contributed by atoms with Gasteiger partial charge in [-0.1, -0.05) is 19.1 Å². The highest BCUT2D eigenvalue weighted by Gasteiger charge is 2.11. The molecule has 27 heavy (non-hydrogen) atoms. The number of ether oxygens (including phenoxy) is 1. The normalized spacial score (nSPS) is 14.2. The molecule has 0 bridgehead atoms. The highest BCUT2D eigenvalue weighted by atomic mass is 16.5. The first-order valence-electron chi connectivity index (χ1n) is 8.96. The van der Waals surface area contributed by atoms with E-state index in [4.69, 9.17) is 4.74 Å². The summed E-state index contributed by atoms with van der Waals surface area (Å²) in [6.45, 7) is 4.15. The second-order valence-electron chi connectivity index (χ2n) is 6.22. The van der Waals surface area contributed by atoms with Crippen LogP contribution in [0.4, 0.5) is 0 Å². The number of aliphatic carboxylic acids is 1. The summed E-state index contributed by atoms with van der Waals surface area (Å²) < 4.78 is 5.69. The summed E-state index contributed by atoms with van der Waals surface area (Å²) in [7, 11) is 0. The first kappa shape index (κ1) is 18.6. The van der Waals surface area contributed by atoms with E-state index in [1.807, 2.05) is 31.2 Å². The summed E-state index contributed by atoms with van der Waals surface area (Å²) in [6, 6.07) is 9.46. The van der Waals surface area contributed by atoms with Gasteiger partial charge < -0.3 is 25.3 Å². The zero-order chi connectivity index (χ0) is 19.1. The highest BCUT2D eigenvalue weighted by molar-refractivity contribution is 5.81. The summed E-state index contributed by atoms with van der Waals surface area (Å²) in [5.41, 5.74) is 1.70. The van der Waals surface area contributed by atoms with Crippen LogP contribution in [-0.4, -0.2) is 35.0 Å². The van der Waals surface area contributed by atoms with Crippen LogP contribution in [0, 0.1) is 5.92 Å². The van der Waals surface area contributed by atoms with E-state index in [1.54, 1.807) is 12.3 Å². The van der Waals surface area contributed by atoms with Crippen molar-refractivity contribution in [1.82, 2.24) is 20.6 Å². The number of guanidine groups is 1. The van der Waals surface area contributed by atoms with Crippen molar-refractivity contribution < 1.29 is 14.6 Å². The molecule has 0 radical (unpaired) electrons. The van der Waals surface area contributed by atoms with E-state index >= 15 is 0 Å². The van der Waals surface area contributed by atoms with Gasteiger partial charge in [0.1, 0.15) is 5.75 Å². The number of carboxylic acids is 1. The van der Waals surface area contributed by atoms with Gasteiger partial charge in [0.2, 0.25) is 0 Å². The maximum Gasteiger partial charge on any atom is 0.322 e. The number of nitrogens with one attached hydrogen (secondary N) is 2. The molecule has 2 aromatic rings. The Morgan fingerprint density at radius 2 is 2.15 bits per heavy atom. The van der Waals surface area contributed by atoms with Crippen molar-refractivity contribution in [3.05, 3.63) is 47.8 Å². The van der Waals surface area contributed by atoms with E-state index in [0.717, 1.165) is 24.6 Å². The number of benzene rings is 1. The van der Waals surface area contributed by atoms with Crippen LogP contribution >= 0.6 is 0 Å². The number of aliphatic imine (C=N–C) groups is 1. The SMILES string of the molecule is CCC(Cc1ccnc(Oc2ccc(CNC3=NCCN3)cc2)n1)C(=O)[O-]. The smallest absolute Gasteiger partial charge is 0.322 e. The topological polar surface area (TPSA) is 112 Å². The minimum absolute atomic E-state index is 0.191.